The van der Waals surface area contributed by atoms with E-state index in [-0.39, 0.29) is 6.04 Å². The van der Waals surface area contributed by atoms with Gasteiger partial charge >= 0.3 is 6.09 Å². The van der Waals surface area contributed by atoms with Crippen molar-refractivity contribution in [3.8, 4) is 0 Å². The molecule has 0 heterocycles. The van der Waals surface area contributed by atoms with Gasteiger partial charge in [-0.3, -0.25) is 5.32 Å². The van der Waals surface area contributed by atoms with Gasteiger partial charge < -0.3 is 10.1 Å². The highest BCUT2D eigenvalue weighted by atomic mass is 16.6. The molecule has 1 aromatic rings. The molecule has 1 aromatic carbocycles. The van der Waals surface area contributed by atoms with Crippen LogP contribution in [0.3, 0.4) is 0 Å². The number of anilines is 1. The molecule has 0 fully saturated rings. The molecule has 0 radical (unpaired) electrons. The van der Waals surface area contributed by atoms with Crippen LogP contribution in [0, 0.1) is 0 Å². The van der Waals surface area contributed by atoms with Gasteiger partial charge in [-0.05, 0) is 45.9 Å². The van der Waals surface area contributed by atoms with E-state index >= 15 is 0 Å². The smallest absolute Gasteiger partial charge is 0.412 e. The lowest BCUT2D eigenvalue weighted by molar-refractivity contribution is 0.0636. The van der Waals surface area contributed by atoms with Gasteiger partial charge in [0.1, 0.15) is 5.60 Å². The minimum absolute atomic E-state index is 0.177. The zero-order valence-corrected chi connectivity index (χ0v) is 12.4. The van der Waals surface area contributed by atoms with Crippen LogP contribution in [0.1, 0.15) is 46.2 Å². The Bertz CT molecular complexity index is 424. The lowest BCUT2D eigenvalue weighted by atomic mass is 10.1. The molecule has 0 saturated heterocycles. The van der Waals surface area contributed by atoms with Gasteiger partial charge in [0.15, 0.2) is 0 Å². The fourth-order valence-electron chi connectivity index (χ4n) is 1.82. The first-order valence-electron chi connectivity index (χ1n) is 6.66. The van der Waals surface area contributed by atoms with E-state index in [0.717, 1.165) is 17.8 Å². The largest absolute Gasteiger partial charge is 0.444 e. The number of rotatable bonds is 4. The first kappa shape index (κ1) is 15.5. The highest BCUT2D eigenvalue weighted by Gasteiger charge is 2.18. The lowest BCUT2D eigenvalue weighted by Crippen LogP contribution is -2.28. The van der Waals surface area contributed by atoms with E-state index < -0.39 is 11.7 Å². The zero-order chi connectivity index (χ0) is 14.5. The SMILES string of the molecule is CCNC(C)c1ccccc1NC(=O)OC(C)(C)C. The molecular formula is C15H24N2O2. The normalized spacial score (nSPS) is 12.9. The summed E-state index contributed by atoms with van der Waals surface area (Å²) in [6.07, 6.45) is -0.427. The third-order valence-corrected chi connectivity index (χ3v) is 2.57. The van der Waals surface area contributed by atoms with Crippen molar-refractivity contribution >= 4 is 11.8 Å². The molecule has 1 atom stereocenters. The van der Waals surface area contributed by atoms with Gasteiger partial charge in [-0.2, -0.15) is 0 Å². The predicted octanol–water partition coefficient (Wildman–Crippen LogP) is 3.70. The Labute approximate surface area is 115 Å². The topological polar surface area (TPSA) is 50.4 Å². The first-order valence-corrected chi connectivity index (χ1v) is 6.66. The Kier molecular flexibility index (Phi) is 5.36. The van der Waals surface area contributed by atoms with Gasteiger partial charge in [0, 0.05) is 11.7 Å². The number of ether oxygens (including phenoxy) is 1. The second-order valence-electron chi connectivity index (χ2n) is 5.49. The molecule has 19 heavy (non-hydrogen) atoms. The molecular weight excluding hydrogens is 240 g/mol. The van der Waals surface area contributed by atoms with Crippen molar-refractivity contribution in [3.63, 3.8) is 0 Å². The minimum Gasteiger partial charge on any atom is -0.444 e. The average molecular weight is 264 g/mol. The lowest BCUT2D eigenvalue weighted by Gasteiger charge is -2.22. The summed E-state index contributed by atoms with van der Waals surface area (Å²) in [7, 11) is 0. The van der Waals surface area contributed by atoms with Crippen molar-refractivity contribution in [1.82, 2.24) is 5.32 Å². The molecule has 0 aliphatic carbocycles. The van der Waals surface area contributed by atoms with Crippen LogP contribution in [0.25, 0.3) is 0 Å². The molecule has 1 rings (SSSR count). The molecule has 0 bridgehead atoms. The molecule has 4 heteroatoms. The summed E-state index contributed by atoms with van der Waals surface area (Å²) >= 11 is 0. The summed E-state index contributed by atoms with van der Waals surface area (Å²) in [6.45, 7) is 10.5. The molecule has 0 spiro atoms. The molecule has 0 saturated carbocycles. The summed E-state index contributed by atoms with van der Waals surface area (Å²) < 4.78 is 5.27. The molecule has 1 amide bonds. The van der Waals surface area contributed by atoms with Crippen LogP contribution in [0.15, 0.2) is 24.3 Å². The fourth-order valence-corrected chi connectivity index (χ4v) is 1.82. The van der Waals surface area contributed by atoms with Crippen LogP contribution in [0.4, 0.5) is 10.5 Å². The van der Waals surface area contributed by atoms with Crippen molar-refractivity contribution in [2.75, 3.05) is 11.9 Å². The van der Waals surface area contributed by atoms with Crippen LogP contribution in [-0.2, 0) is 4.74 Å². The number of nitrogens with one attached hydrogen (secondary N) is 2. The second-order valence-corrected chi connectivity index (χ2v) is 5.49. The summed E-state index contributed by atoms with van der Waals surface area (Å²) in [5.74, 6) is 0. The summed E-state index contributed by atoms with van der Waals surface area (Å²) in [5.41, 5.74) is 1.34. The highest BCUT2D eigenvalue weighted by molar-refractivity contribution is 5.86. The van der Waals surface area contributed by atoms with E-state index in [1.165, 1.54) is 0 Å². The summed E-state index contributed by atoms with van der Waals surface area (Å²) in [4.78, 5) is 11.8. The van der Waals surface area contributed by atoms with Crippen molar-refractivity contribution in [3.05, 3.63) is 29.8 Å². The van der Waals surface area contributed by atoms with Gasteiger partial charge in [0.25, 0.3) is 0 Å². The van der Waals surface area contributed by atoms with Crippen LogP contribution in [0.5, 0.6) is 0 Å². The van der Waals surface area contributed by atoms with Crippen LogP contribution < -0.4 is 10.6 Å². The van der Waals surface area contributed by atoms with E-state index in [1.54, 1.807) is 0 Å². The molecule has 0 aliphatic rings. The number of amides is 1. The molecule has 1 unspecified atom stereocenters. The standard InChI is InChI=1S/C15H24N2O2/c1-6-16-11(2)12-9-7-8-10-13(12)17-14(18)19-15(3,4)5/h7-11,16H,6H2,1-5H3,(H,17,18). The summed E-state index contributed by atoms with van der Waals surface area (Å²) in [6, 6.07) is 7.92. The molecule has 2 N–H and O–H groups in total. The maximum atomic E-state index is 11.8. The van der Waals surface area contributed by atoms with Gasteiger partial charge in [0.2, 0.25) is 0 Å². The molecule has 0 aliphatic heterocycles. The second kappa shape index (κ2) is 6.57. The number of benzene rings is 1. The van der Waals surface area contributed by atoms with E-state index in [4.69, 9.17) is 4.74 Å². The van der Waals surface area contributed by atoms with Crippen molar-refractivity contribution in [1.29, 1.82) is 0 Å². The number of carbonyl (C=O) groups excluding carboxylic acids is 1. The third-order valence-electron chi connectivity index (χ3n) is 2.57. The van der Waals surface area contributed by atoms with E-state index in [1.807, 2.05) is 45.0 Å². The van der Waals surface area contributed by atoms with Crippen molar-refractivity contribution < 1.29 is 9.53 Å². The Hall–Kier alpha value is -1.55. The van der Waals surface area contributed by atoms with Crippen molar-refractivity contribution in [2.24, 2.45) is 0 Å². The quantitative estimate of drug-likeness (QED) is 0.871. The Balaban J connectivity index is 2.81. The zero-order valence-electron chi connectivity index (χ0n) is 12.4. The minimum atomic E-state index is -0.494. The number of hydrogen-bond donors (Lipinski definition) is 2. The van der Waals surface area contributed by atoms with Crippen molar-refractivity contribution in [2.45, 2.75) is 46.3 Å². The Morgan fingerprint density at radius 2 is 1.95 bits per heavy atom. The molecule has 106 valence electrons. The monoisotopic (exact) mass is 264 g/mol. The van der Waals surface area contributed by atoms with E-state index in [9.17, 15) is 4.79 Å². The molecule has 4 nitrogen and oxygen atoms in total. The van der Waals surface area contributed by atoms with Crippen LogP contribution in [0.2, 0.25) is 0 Å². The number of hydrogen-bond acceptors (Lipinski definition) is 3. The Morgan fingerprint density at radius 3 is 2.53 bits per heavy atom. The maximum absolute atomic E-state index is 11.8. The highest BCUT2D eigenvalue weighted by Crippen LogP contribution is 2.23. The first-order chi connectivity index (χ1) is 8.83. The summed E-state index contributed by atoms with van der Waals surface area (Å²) in [5, 5.41) is 6.14. The number of carbonyl (C=O) groups is 1. The maximum Gasteiger partial charge on any atom is 0.412 e. The van der Waals surface area contributed by atoms with Crippen LogP contribution >= 0.6 is 0 Å². The van der Waals surface area contributed by atoms with Gasteiger partial charge in [-0.15, -0.1) is 0 Å². The van der Waals surface area contributed by atoms with E-state index in [0.29, 0.717) is 0 Å². The van der Waals surface area contributed by atoms with Crippen LogP contribution in [-0.4, -0.2) is 18.2 Å². The van der Waals surface area contributed by atoms with E-state index in [2.05, 4.69) is 24.5 Å². The van der Waals surface area contributed by atoms with Gasteiger partial charge in [-0.1, -0.05) is 25.1 Å². The predicted molar refractivity (Wildman–Crippen MR) is 78.4 cm³/mol. The van der Waals surface area contributed by atoms with Gasteiger partial charge in [0.05, 0.1) is 0 Å². The van der Waals surface area contributed by atoms with Gasteiger partial charge in [-0.25, -0.2) is 4.79 Å². The average Bonchev–Trinajstić information content (AvgIpc) is 2.27. The fraction of sp³-hybridized carbons (Fsp3) is 0.533. The third kappa shape index (κ3) is 5.30. The number of para-hydroxylation sites is 1. The molecule has 0 aromatic heterocycles. The Morgan fingerprint density at radius 1 is 1.32 bits per heavy atom.